The highest BCUT2D eigenvalue weighted by atomic mass is 16.5. The van der Waals surface area contributed by atoms with Gasteiger partial charge in [0.25, 0.3) is 0 Å². The first-order valence-electron chi connectivity index (χ1n) is 7.81. The van der Waals surface area contributed by atoms with Gasteiger partial charge in [0.05, 0.1) is 12.7 Å². The molecule has 1 heterocycles. The molecule has 1 N–H and O–H groups in total. The molecule has 116 valence electrons. The van der Waals surface area contributed by atoms with Crippen molar-refractivity contribution in [1.29, 1.82) is 0 Å². The predicted molar refractivity (Wildman–Crippen MR) is 85.7 cm³/mol. The Kier molecular flexibility index (Phi) is 5.62. The molecule has 1 aliphatic heterocycles. The van der Waals surface area contributed by atoms with E-state index in [0.717, 1.165) is 12.2 Å². The largest absolute Gasteiger partial charge is 0.465 e. The molecule has 21 heavy (non-hydrogen) atoms. The monoisotopic (exact) mass is 290 g/mol. The van der Waals surface area contributed by atoms with E-state index in [4.69, 9.17) is 4.74 Å². The number of nitrogens with one attached hydrogen (secondary N) is 1. The van der Waals surface area contributed by atoms with E-state index in [2.05, 4.69) is 24.1 Å². The highest BCUT2D eigenvalue weighted by Crippen LogP contribution is 2.23. The molecule has 1 saturated heterocycles. The second-order valence-corrected chi connectivity index (χ2v) is 5.77. The lowest BCUT2D eigenvalue weighted by Crippen LogP contribution is -2.39. The number of carbonyl (C=O) groups is 1. The number of hydrogen-bond donors (Lipinski definition) is 1. The van der Waals surface area contributed by atoms with Crippen LogP contribution in [-0.2, 0) is 4.74 Å². The van der Waals surface area contributed by atoms with E-state index < -0.39 is 0 Å². The first kappa shape index (κ1) is 15.8. The fraction of sp³-hybridized carbons (Fsp3) is 0.588. The van der Waals surface area contributed by atoms with Crippen molar-refractivity contribution in [2.24, 2.45) is 5.92 Å². The molecule has 4 heteroatoms. The van der Waals surface area contributed by atoms with Crippen LogP contribution in [0.3, 0.4) is 0 Å². The number of ether oxygens (including phenoxy) is 1. The molecule has 1 fully saturated rings. The number of benzene rings is 1. The van der Waals surface area contributed by atoms with Gasteiger partial charge in [0, 0.05) is 11.7 Å². The lowest BCUT2D eigenvalue weighted by molar-refractivity contribution is 0.0601. The Hall–Kier alpha value is -1.55. The summed E-state index contributed by atoms with van der Waals surface area (Å²) < 4.78 is 4.71. The molecule has 0 saturated carbocycles. The van der Waals surface area contributed by atoms with Gasteiger partial charge in [0.1, 0.15) is 0 Å². The summed E-state index contributed by atoms with van der Waals surface area (Å²) in [5, 5.41) is 3.56. The van der Waals surface area contributed by atoms with Crippen LogP contribution < -0.4 is 5.32 Å². The SMILES string of the molecule is CCN1CCC(C(C)Nc2ccc(C(=O)OC)cc2)CC1. The number of likely N-dealkylation sites (tertiary alicyclic amines) is 1. The van der Waals surface area contributed by atoms with E-state index in [0.29, 0.717) is 17.5 Å². The molecule has 1 aromatic rings. The van der Waals surface area contributed by atoms with E-state index in [9.17, 15) is 4.79 Å². The van der Waals surface area contributed by atoms with Crippen molar-refractivity contribution in [1.82, 2.24) is 4.90 Å². The van der Waals surface area contributed by atoms with Gasteiger partial charge in [-0.05, 0) is 69.6 Å². The van der Waals surface area contributed by atoms with Crippen LogP contribution in [0.1, 0.15) is 37.0 Å². The lowest BCUT2D eigenvalue weighted by Gasteiger charge is -2.34. The Labute approximate surface area is 127 Å². The minimum atomic E-state index is -0.290. The van der Waals surface area contributed by atoms with Gasteiger partial charge in [0.2, 0.25) is 0 Å². The van der Waals surface area contributed by atoms with Crippen LogP contribution in [0.4, 0.5) is 5.69 Å². The van der Waals surface area contributed by atoms with Crippen LogP contribution in [0, 0.1) is 5.92 Å². The van der Waals surface area contributed by atoms with Crippen molar-refractivity contribution < 1.29 is 9.53 Å². The second kappa shape index (κ2) is 7.46. The molecular formula is C17H26N2O2. The summed E-state index contributed by atoms with van der Waals surface area (Å²) in [4.78, 5) is 13.9. The quantitative estimate of drug-likeness (QED) is 0.846. The number of esters is 1. The number of rotatable bonds is 5. The van der Waals surface area contributed by atoms with Crippen molar-refractivity contribution in [3.8, 4) is 0 Å². The second-order valence-electron chi connectivity index (χ2n) is 5.77. The van der Waals surface area contributed by atoms with Gasteiger partial charge in [-0.1, -0.05) is 6.92 Å². The zero-order valence-electron chi connectivity index (χ0n) is 13.3. The molecule has 0 amide bonds. The highest BCUT2D eigenvalue weighted by molar-refractivity contribution is 5.89. The van der Waals surface area contributed by atoms with Crippen molar-refractivity contribution >= 4 is 11.7 Å². The van der Waals surface area contributed by atoms with Crippen LogP contribution in [0.5, 0.6) is 0 Å². The maximum atomic E-state index is 11.4. The summed E-state index contributed by atoms with van der Waals surface area (Å²) in [7, 11) is 1.40. The fourth-order valence-corrected chi connectivity index (χ4v) is 2.97. The maximum absolute atomic E-state index is 11.4. The zero-order chi connectivity index (χ0) is 15.2. The van der Waals surface area contributed by atoms with Crippen molar-refractivity contribution in [2.75, 3.05) is 32.1 Å². The van der Waals surface area contributed by atoms with E-state index in [1.807, 2.05) is 12.1 Å². The number of anilines is 1. The Balaban J connectivity index is 1.88. The molecule has 0 aliphatic carbocycles. The van der Waals surface area contributed by atoms with Crippen LogP contribution in [0.2, 0.25) is 0 Å². The molecule has 0 aromatic heterocycles. The van der Waals surface area contributed by atoms with Crippen molar-refractivity contribution in [3.05, 3.63) is 29.8 Å². The number of methoxy groups -OCH3 is 1. The molecule has 0 radical (unpaired) electrons. The Morgan fingerprint density at radius 2 is 1.95 bits per heavy atom. The first-order valence-corrected chi connectivity index (χ1v) is 7.81. The molecule has 1 atom stereocenters. The molecule has 0 bridgehead atoms. The molecule has 2 rings (SSSR count). The van der Waals surface area contributed by atoms with Gasteiger partial charge >= 0.3 is 5.97 Å². The minimum absolute atomic E-state index is 0.290. The summed E-state index contributed by atoms with van der Waals surface area (Å²) in [5.74, 6) is 0.426. The van der Waals surface area contributed by atoms with E-state index in [1.165, 1.54) is 33.0 Å². The summed E-state index contributed by atoms with van der Waals surface area (Å²) >= 11 is 0. The van der Waals surface area contributed by atoms with E-state index in [1.54, 1.807) is 12.1 Å². The van der Waals surface area contributed by atoms with E-state index in [-0.39, 0.29) is 5.97 Å². The Morgan fingerprint density at radius 3 is 2.48 bits per heavy atom. The smallest absolute Gasteiger partial charge is 0.337 e. The van der Waals surface area contributed by atoms with Gasteiger partial charge in [-0.25, -0.2) is 4.79 Å². The zero-order valence-corrected chi connectivity index (χ0v) is 13.3. The molecule has 1 unspecified atom stereocenters. The van der Waals surface area contributed by atoms with Crippen LogP contribution in [-0.4, -0.2) is 43.7 Å². The normalized spacial score (nSPS) is 18.2. The Morgan fingerprint density at radius 1 is 1.33 bits per heavy atom. The highest BCUT2D eigenvalue weighted by Gasteiger charge is 2.23. The van der Waals surface area contributed by atoms with Gasteiger partial charge in [-0.3, -0.25) is 0 Å². The number of hydrogen-bond acceptors (Lipinski definition) is 4. The van der Waals surface area contributed by atoms with Crippen LogP contribution in [0.15, 0.2) is 24.3 Å². The average molecular weight is 290 g/mol. The lowest BCUT2D eigenvalue weighted by atomic mass is 9.90. The molecular weight excluding hydrogens is 264 g/mol. The van der Waals surface area contributed by atoms with Crippen LogP contribution in [0.25, 0.3) is 0 Å². The summed E-state index contributed by atoms with van der Waals surface area (Å²) in [6.07, 6.45) is 2.50. The molecule has 0 spiro atoms. The third kappa shape index (κ3) is 4.21. The fourth-order valence-electron chi connectivity index (χ4n) is 2.97. The first-order chi connectivity index (χ1) is 10.1. The van der Waals surface area contributed by atoms with Crippen LogP contribution >= 0.6 is 0 Å². The van der Waals surface area contributed by atoms with Gasteiger partial charge in [-0.2, -0.15) is 0 Å². The third-order valence-corrected chi connectivity index (χ3v) is 4.49. The maximum Gasteiger partial charge on any atom is 0.337 e. The summed E-state index contributed by atoms with van der Waals surface area (Å²) in [6, 6.07) is 7.96. The Bertz CT molecular complexity index is 450. The molecule has 1 aromatic carbocycles. The number of carbonyl (C=O) groups excluding carboxylic acids is 1. The molecule has 4 nitrogen and oxygen atoms in total. The van der Waals surface area contributed by atoms with Gasteiger partial charge in [-0.15, -0.1) is 0 Å². The number of nitrogens with zero attached hydrogens (tertiary/aromatic N) is 1. The third-order valence-electron chi connectivity index (χ3n) is 4.49. The minimum Gasteiger partial charge on any atom is -0.465 e. The molecule has 1 aliphatic rings. The topological polar surface area (TPSA) is 41.6 Å². The number of piperidine rings is 1. The van der Waals surface area contributed by atoms with Gasteiger partial charge < -0.3 is 15.0 Å². The van der Waals surface area contributed by atoms with Crippen molar-refractivity contribution in [3.63, 3.8) is 0 Å². The predicted octanol–water partition coefficient (Wildman–Crippen LogP) is 3.01. The van der Waals surface area contributed by atoms with Crippen molar-refractivity contribution in [2.45, 2.75) is 32.7 Å². The standard InChI is InChI=1S/C17H26N2O2/c1-4-19-11-9-14(10-12-19)13(2)18-16-7-5-15(6-8-16)17(20)21-3/h5-8,13-14,18H,4,9-12H2,1-3H3. The summed E-state index contributed by atoms with van der Waals surface area (Å²) in [6.45, 7) is 8.04. The van der Waals surface area contributed by atoms with Gasteiger partial charge in [0.15, 0.2) is 0 Å². The van der Waals surface area contributed by atoms with E-state index >= 15 is 0 Å². The summed E-state index contributed by atoms with van der Waals surface area (Å²) in [5.41, 5.74) is 1.65. The average Bonchev–Trinajstić information content (AvgIpc) is 2.55.